The van der Waals surface area contributed by atoms with E-state index >= 15 is 0 Å². The van der Waals surface area contributed by atoms with Crippen LogP contribution in [0.5, 0.6) is 5.75 Å². The maximum Gasteiger partial charge on any atom is 0.290 e. The summed E-state index contributed by atoms with van der Waals surface area (Å²) in [6.07, 6.45) is 0.816. The molecule has 174 valence electrons. The van der Waals surface area contributed by atoms with Gasteiger partial charge in [-0.15, -0.1) is 0 Å². The van der Waals surface area contributed by atoms with Crippen LogP contribution in [0.1, 0.15) is 54.9 Å². The maximum atomic E-state index is 13.6. The number of carbonyl (C=O) groups is 1. The van der Waals surface area contributed by atoms with Gasteiger partial charge >= 0.3 is 0 Å². The predicted molar refractivity (Wildman–Crippen MR) is 133 cm³/mol. The SMILES string of the molecule is CCOc1ccc2c(=O)c3c(oc2c1)C(=O)N(CCCN(CC)CC)C3c1ccc(Br)cc1. The summed E-state index contributed by atoms with van der Waals surface area (Å²) >= 11 is 3.47. The summed E-state index contributed by atoms with van der Waals surface area (Å²) < 4.78 is 12.6. The van der Waals surface area contributed by atoms with Crippen LogP contribution in [-0.4, -0.2) is 48.5 Å². The van der Waals surface area contributed by atoms with E-state index in [1.807, 2.05) is 31.2 Å². The van der Waals surface area contributed by atoms with Crippen LogP contribution < -0.4 is 10.2 Å². The first-order valence-electron chi connectivity index (χ1n) is 11.5. The third-order valence-electron chi connectivity index (χ3n) is 6.20. The highest BCUT2D eigenvalue weighted by atomic mass is 79.9. The van der Waals surface area contributed by atoms with Crippen molar-refractivity contribution in [3.8, 4) is 5.75 Å². The van der Waals surface area contributed by atoms with Crippen molar-refractivity contribution in [1.29, 1.82) is 0 Å². The van der Waals surface area contributed by atoms with Crippen molar-refractivity contribution in [1.82, 2.24) is 9.80 Å². The summed E-state index contributed by atoms with van der Waals surface area (Å²) in [5.41, 5.74) is 1.52. The fourth-order valence-electron chi connectivity index (χ4n) is 4.48. The molecule has 2 heterocycles. The molecular weight excluding hydrogens is 484 g/mol. The van der Waals surface area contributed by atoms with E-state index in [0.717, 1.165) is 36.1 Å². The first-order chi connectivity index (χ1) is 16.0. The number of nitrogens with zero attached hydrogens (tertiary/aromatic N) is 2. The van der Waals surface area contributed by atoms with Crippen molar-refractivity contribution in [3.05, 3.63) is 74.0 Å². The molecule has 1 aliphatic heterocycles. The zero-order valence-corrected chi connectivity index (χ0v) is 20.9. The monoisotopic (exact) mass is 512 g/mol. The van der Waals surface area contributed by atoms with Crippen molar-refractivity contribution >= 4 is 32.8 Å². The van der Waals surface area contributed by atoms with Crippen LogP contribution in [-0.2, 0) is 0 Å². The van der Waals surface area contributed by atoms with E-state index in [1.54, 1.807) is 23.1 Å². The van der Waals surface area contributed by atoms with Gasteiger partial charge in [-0.3, -0.25) is 9.59 Å². The molecule has 0 saturated heterocycles. The number of rotatable bonds is 9. The van der Waals surface area contributed by atoms with E-state index in [4.69, 9.17) is 9.15 Å². The van der Waals surface area contributed by atoms with Crippen LogP contribution >= 0.6 is 15.9 Å². The number of ether oxygens (including phenoxy) is 1. The topological polar surface area (TPSA) is 63.0 Å². The maximum absolute atomic E-state index is 13.6. The fourth-order valence-corrected chi connectivity index (χ4v) is 4.75. The molecule has 3 aromatic rings. The number of carbonyl (C=O) groups excluding carboxylic acids is 1. The molecule has 0 N–H and O–H groups in total. The Balaban J connectivity index is 1.79. The summed E-state index contributed by atoms with van der Waals surface area (Å²) in [7, 11) is 0. The van der Waals surface area contributed by atoms with Crippen molar-refractivity contribution < 1.29 is 13.9 Å². The third kappa shape index (κ3) is 4.57. The number of benzene rings is 2. The second-order valence-corrected chi connectivity index (χ2v) is 9.01. The van der Waals surface area contributed by atoms with Crippen LogP contribution in [0.15, 0.2) is 56.1 Å². The average molecular weight is 513 g/mol. The van der Waals surface area contributed by atoms with Crippen LogP contribution in [0, 0.1) is 0 Å². The van der Waals surface area contributed by atoms with Gasteiger partial charge in [0.05, 0.1) is 23.6 Å². The van der Waals surface area contributed by atoms with E-state index < -0.39 is 6.04 Å². The van der Waals surface area contributed by atoms with Crippen molar-refractivity contribution in [2.75, 3.05) is 32.8 Å². The lowest BCUT2D eigenvalue weighted by atomic mass is 9.98. The Bertz CT molecular complexity index is 1200. The zero-order valence-electron chi connectivity index (χ0n) is 19.3. The number of hydrogen-bond acceptors (Lipinski definition) is 5. The number of fused-ring (bicyclic) bond motifs is 2. The van der Waals surface area contributed by atoms with Gasteiger partial charge in [0, 0.05) is 17.1 Å². The third-order valence-corrected chi connectivity index (χ3v) is 6.73. The normalized spacial score (nSPS) is 15.5. The molecule has 1 aromatic heterocycles. The quantitative estimate of drug-likeness (QED) is 0.392. The summed E-state index contributed by atoms with van der Waals surface area (Å²) in [6, 6.07) is 12.5. The molecule has 0 saturated carbocycles. The van der Waals surface area contributed by atoms with Gasteiger partial charge in [-0.2, -0.15) is 0 Å². The van der Waals surface area contributed by atoms with Gasteiger partial charge in [0.1, 0.15) is 11.3 Å². The lowest BCUT2D eigenvalue weighted by molar-refractivity contribution is 0.0720. The molecule has 1 aliphatic rings. The summed E-state index contributed by atoms with van der Waals surface area (Å²) in [4.78, 5) is 31.2. The molecule has 0 radical (unpaired) electrons. The highest BCUT2D eigenvalue weighted by Crippen LogP contribution is 2.39. The molecule has 6 nitrogen and oxygen atoms in total. The van der Waals surface area contributed by atoms with Crippen LogP contribution in [0.2, 0.25) is 0 Å². The van der Waals surface area contributed by atoms with Crippen LogP contribution in [0.25, 0.3) is 11.0 Å². The second-order valence-electron chi connectivity index (χ2n) is 8.10. The molecule has 7 heteroatoms. The van der Waals surface area contributed by atoms with Gasteiger partial charge in [0.15, 0.2) is 5.43 Å². The molecule has 1 unspecified atom stereocenters. The molecule has 1 amide bonds. The highest BCUT2D eigenvalue weighted by Gasteiger charge is 2.42. The van der Waals surface area contributed by atoms with E-state index in [-0.39, 0.29) is 17.1 Å². The smallest absolute Gasteiger partial charge is 0.290 e. The predicted octanol–water partition coefficient (Wildman–Crippen LogP) is 5.23. The first kappa shape index (κ1) is 23.5. The first-order valence-corrected chi connectivity index (χ1v) is 12.3. The van der Waals surface area contributed by atoms with Crippen molar-refractivity contribution in [2.24, 2.45) is 0 Å². The summed E-state index contributed by atoms with van der Waals surface area (Å²) in [6.45, 7) is 10.0. The zero-order chi connectivity index (χ0) is 23.5. The van der Waals surface area contributed by atoms with Gasteiger partial charge in [-0.05, 0) is 62.8 Å². The molecule has 0 bridgehead atoms. The molecule has 4 rings (SSSR count). The minimum absolute atomic E-state index is 0.136. The molecule has 1 atom stereocenters. The summed E-state index contributed by atoms with van der Waals surface area (Å²) in [5, 5.41) is 0.456. The average Bonchev–Trinajstić information content (AvgIpc) is 3.09. The van der Waals surface area contributed by atoms with Gasteiger partial charge in [0.2, 0.25) is 5.76 Å². The Morgan fingerprint density at radius 1 is 1.06 bits per heavy atom. The Hall–Kier alpha value is -2.64. The standard InChI is InChI=1S/C26H29BrN2O4/c1-4-28(5-2)14-7-15-29-23(17-8-10-18(27)11-9-17)22-24(30)20-13-12-19(32-6-3)16-21(20)33-25(22)26(29)31/h8-13,16,23H,4-7,14-15H2,1-3H3. The lowest BCUT2D eigenvalue weighted by Gasteiger charge is -2.26. The minimum Gasteiger partial charge on any atom is -0.494 e. The molecule has 33 heavy (non-hydrogen) atoms. The number of hydrogen-bond donors (Lipinski definition) is 0. The van der Waals surface area contributed by atoms with Crippen molar-refractivity contribution in [2.45, 2.75) is 33.2 Å². The molecule has 0 spiro atoms. The lowest BCUT2D eigenvalue weighted by Crippen LogP contribution is -2.33. The minimum atomic E-state index is -0.468. The van der Waals surface area contributed by atoms with Crippen LogP contribution in [0.4, 0.5) is 0 Å². The Kier molecular flexibility index (Phi) is 7.20. The Morgan fingerprint density at radius 2 is 1.79 bits per heavy atom. The molecule has 0 aliphatic carbocycles. The number of amides is 1. The molecule has 2 aromatic carbocycles. The van der Waals surface area contributed by atoms with E-state index in [9.17, 15) is 9.59 Å². The highest BCUT2D eigenvalue weighted by molar-refractivity contribution is 9.10. The van der Waals surface area contributed by atoms with Crippen LogP contribution in [0.3, 0.4) is 0 Å². The fraction of sp³-hybridized carbons (Fsp3) is 0.385. The summed E-state index contributed by atoms with van der Waals surface area (Å²) in [5.74, 6) is 0.509. The molecular formula is C26H29BrN2O4. The Morgan fingerprint density at radius 3 is 2.45 bits per heavy atom. The van der Waals surface area contributed by atoms with Crippen molar-refractivity contribution in [3.63, 3.8) is 0 Å². The van der Waals surface area contributed by atoms with E-state index in [1.165, 1.54) is 0 Å². The van der Waals surface area contributed by atoms with Gasteiger partial charge in [-0.1, -0.05) is 41.9 Å². The van der Waals surface area contributed by atoms with E-state index in [2.05, 4.69) is 34.7 Å². The largest absolute Gasteiger partial charge is 0.494 e. The number of halogens is 1. The molecule has 0 fully saturated rings. The second kappa shape index (κ2) is 10.1. The Labute approximate surface area is 202 Å². The van der Waals surface area contributed by atoms with Gasteiger partial charge in [0.25, 0.3) is 5.91 Å². The van der Waals surface area contributed by atoms with Gasteiger partial charge < -0.3 is 19.0 Å². The van der Waals surface area contributed by atoms with Gasteiger partial charge in [-0.25, -0.2) is 0 Å². The van der Waals surface area contributed by atoms with E-state index in [0.29, 0.717) is 35.4 Å².